The predicted molar refractivity (Wildman–Crippen MR) is 78.2 cm³/mol. The van der Waals surface area contributed by atoms with Gasteiger partial charge in [0.25, 0.3) is 0 Å². The summed E-state index contributed by atoms with van der Waals surface area (Å²) >= 11 is 1.33. The summed E-state index contributed by atoms with van der Waals surface area (Å²) in [5.74, 6) is 1.03. The molecule has 2 bridgehead atoms. The summed E-state index contributed by atoms with van der Waals surface area (Å²) in [6.45, 7) is 1.85. The highest BCUT2D eigenvalue weighted by atomic mass is 32.1. The summed E-state index contributed by atoms with van der Waals surface area (Å²) in [6, 6.07) is 1.61. The summed E-state index contributed by atoms with van der Waals surface area (Å²) in [4.78, 5) is 24.2. The molecule has 2 fully saturated rings. The molecular weight excluding hydrogens is 274 g/mol. The molecule has 3 rings (SSSR count). The Kier molecular flexibility index (Phi) is 3.54. The van der Waals surface area contributed by atoms with Crippen molar-refractivity contribution in [1.82, 2.24) is 0 Å². The SMILES string of the molecule is Cc1cc(C(=O)O)c(NC(=O)CC2CC3CCC2C3)s1. The molecule has 0 aliphatic heterocycles. The van der Waals surface area contributed by atoms with Crippen LogP contribution < -0.4 is 5.32 Å². The second-order valence-electron chi connectivity index (χ2n) is 6.09. The highest BCUT2D eigenvalue weighted by Crippen LogP contribution is 2.49. The Hall–Kier alpha value is -1.36. The van der Waals surface area contributed by atoms with Crippen LogP contribution in [0.4, 0.5) is 5.00 Å². The van der Waals surface area contributed by atoms with Crippen molar-refractivity contribution in [2.45, 2.75) is 39.0 Å². The molecule has 2 N–H and O–H groups in total. The number of anilines is 1. The number of nitrogens with one attached hydrogen (secondary N) is 1. The lowest BCUT2D eigenvalue weighted by molar-refractivity contribution is -0.117. The van der Waals surface area contributed by atoms with Gasteiger partial charge in [0.1, 0.15) is 5.00 Å². The maximum atomic E-state index is 12.1. The number of fused-ring (bicyclic) bond motifs is 2. The summed E-state index contributed by atoms with van der Waals surface area (Å²) in [6.07, 6.45) is 5.60. The maximum absolute atomic E-state index is 12.1. The third kappa shape index (κ3) is 2.59. The van der Waals surface area contributed by atoms with E-state index in [2.05, 4.69) is 5.32 Å². The quantitative estimate of drug-likeness (QED) is 0.892. The van der Waals surface area contributed by atoms with Crippen molar-refractivity contribution in [3.63, 3.8) is 0 Å². The molecule has 0 aromatic carbocycles. The van der Waals surface area contributed by atoms with Crippen molar-refractivity contribution in [2.75, 3.05) is 5.32 Å². The zero-order chi connectivity index (χ0) is 14.3. The molecule has 108 valence electrons. The Balaban J connectivity index is 1.63. The van der Waals surface area contributed by atoms with Crippen LogP contribution in [0.25, 0.3) is 0 Å². The first-order valence-corrected chi connectivity index (χ1v) is 7.98. The third-order valence-electron chi connectivity index (χ3n) is 4.67. The van der Waals surface area contributed by atoms with Crippen LogP contribution in [0.3, 0.4) is 0 Å². The first kappa shape index (κ1) is 13.6. The number of carboxylic acid groups (broad SMARTS) is 1. The number of amides is 1. The number of carbonyl (C=O) groups is 2. The van der Waals surface area contributed by atoms with E-state index in [4.69, 9.17) is 5.11 Å². The molecule has 2 aliphatic carbocycles. The summed E-state index contributed by atoms with van der Waals surface area (Å²) in [5.41, 5.74) is 0.203. The van der Waals surface area contributed by atoms with E-state index in [9.17, 15) is 9.59 Å². The van der Waals surface area contributed by atoms with Gasteiger partial charge < -0.3 is 10.4 Å². The standard InChI is InChI=1S/C15H19NO3S/c1-8-4-12(15(18)19)14(20-8)16-13(17)7-11-6-9-2-3-10(11)5-9/h4,9-11H,2-3,5-7H2,1H3,(H,16,17)(H,18,19). The Morgan fingerprint density at radius 3 is 2.80 bits per heavy atom. The number of thiophene rings is 1. The lowest BCUT2D eigenvalue weighted by Crippen LogP contribution is -2.20. The molecule has 5 heteroatoms. The summed E-state index contributed by atoms with van der Waals surface area (Å²) in [5, 5.41) is 12.4. The van der Waals surface area contributed by atoms with Gasteiger partial charge in [-0.3, -0.25) is 4.79 Å². The monoisotopic (exact) mass is 293 g/mol. The van der Waals surface area contributed by atoms with Crippen molar-refractivity contribution < 1.29 is 14.7 Å². The topological polar surface area (TPSA) is 66.4 Å². The molecule has 3 unspecified atom stereocenters. The molecule has 20 heavy (non-hydrogen) atoms. The molecular formula is C15H19NO3S. The van der Waals surface area contributed by atoms with Crippen molar-refractivity contribution in [2.24, 2.45) is 17.8 Å². The zero-order valence-corrected chi connectivity index (χ0v) is 12.3. The van der Waals surface area contributed by atoms with Gasteiger partial charge in [-0.25, -0.2) is 4.79 Å². The molecule has 0 spiro atoms. The van der Waals surface area contributed by atoms with Gasteiger partial charge in [-0.2, -0.15) is 0 Å². The Labute approximate surface area is 122 Å². The molecule has 2 aliphatic rings. The molecule has 1 amide bonds. The van der Waals surface area contributed by atoms with Crippen LogP contribution in [0, 0.1) is 24.7 Å². The third-order valence-corrected chi connectivity index (χ3v) is 5.64. The molecule has 1 aromatic rings. The van der Waals surface area contributed by atoms with Gasteiger partial charge in [0.15, 0.2) is 0 Å². The fourth-order valence-corrected chi connectivity index (χ4v) is 4.73. The van der Waals surface area contributed by atoms with Crippen LogP contribution in [-0.4, -0.2) is 17.0 Å². The van der Waals surface area contributed by atoms with Gasteiger partial charge in [0.05, 0.1) is 5.56 Å². The lowest BCUT2D eigenvalue weighted by Gasteiger charge is -2.20. The van der Waals surface area contributed by atoms with E-state index < -0.39 is 5.97 Å². The van der Waals surface area contributed by atoms with Crippen LogP contribution >= 0.6 is 11.3 Å². The zero-order valence-electron chi connectivity index (χ0n) is 11.5. The van der Waals surface area contributed by atoms with Crippen molar-refractivity contribution >= 4 is 28.2 Å². The number of hydrogen-bond acceptors (Lipinski definition) is 3. The molecule has 1 aromatic heterocycles. The molecule has 3 atom stereocenters. The van der Waals surface area contributed by atoms with Crippen LogP contribution in [0.5, 0.6) is 0 Å². The van der Waals surface area contributed by atoms with E-state index in [0.29, 0.717) is 17.3 Å². The number of aromatic carboxylic acids is 1. The first-order valence-electron chi connectivity index (χ1n) is 7.16. The van der Waals surface area contributed by atoms with Gasteiger partial charge >= 0.3 is 5.97 Å². The number of rotatable bonds is 4. The molecule has 0 radical (unpaired) electrons. The number of carbonyl (C=O) groups excluding carboxylic acids is 1. The van der Waals surface area contributed by atoms with Crippen LogP contribution in [0.15, 0.2) is 6.07 Å². The van der Waals surface area contributed by atoms with Gasteiger partial charge in [-0.05, 0) is 50.0 Å². The fraction of sp³-hybridized carbons (Fsp3) is 0.600. The Bertz CT molecular complexity index is 551. The smallest absolute Gasteiger partial charge is 0.338 e. The van der Waals surface area contributed by atoms with E-state index in [1.165, 1.54) is 37.0 Å². The van der Waals surface area contributed by atoms with Crippen molar-refractivity contribution in [3.05, 3.63) is 16.5 Å². The van der Waals surface area contributed by atoms with E-state index in [0.717, 1.165) is 16.7 Å². The summed E-state index contributed by atoms with van der Waals surface area (Å²) in [7, 11) is 0. The highest BCUT2D eigenvalue weighted by molar-refractivity contribution is 7.16. The van der Waals surface area contributed by atoms with Gasteiger partial charge in [-0.1, -0.05) is 6.42 Å². The van der Waals surface area contributed by atoms with Crippen LogP contribution in [0.2, 0.25) is 0 Å². The lowest BCUT2D eigenvalue weighted by atomic mass is 9.86. The minimum atomic E-state index is -0.982. The average molecular weight is 293 g/mol. The van der Waals surface area contributed by atoms with Crippen LogP contribution in [0.1, 0.15) is 47.3 Å². The normalized spacial score (nSPS) is 27.8. The number of aryl methyl sites for hydroxylation is 1. The predicted octanol–water partition coefficient (Wildman–Crippen LogP) is 3.52. The highest BCUT2D eigenvalue weighted by Gasteiger charge is 2.40. The second-order valence-corrected chi connectivity index (χ2v) is 7.35. The maximum Gasteiger partial charge on any atom is 0.338 e. The van der Waals surface area contributed by atoms with Gasteiger partial charge in [0.2, 0.25) is 5.91 Å². The van der Waals surface area contributed by atoms with Gasteiger partial charge in [-0.15, -0.1) is 11.3 Å². The number of hydrogen-bond donors (Lipinski definition) is 2. The molecule has 0 saturated heterocycles. The minimum Gasteiger partial charge on any atom is -0.478 e. The number of carboxylic acids is 1. The Morgan fingerprint density at radius 1 is 1.40 bits per heavy atom. The van der Waals surface area contributed by atoms with E-state index in [1.807, 2.05) is 6.92 Å². The minimum absolute atomic E-state index is 0.0353. The van der Waals surface area contributed by atoms with Crippen LogP contribution in [-0.2, 0) is 4.79 Å². The van der Waals surface area contributed by atoms with Gasteiger partial charge in [0, 0.05) is 11.3 Å². The summed E-state index contributed by atoms with van der Waals surface area (Å²) < 4.78 is 0. The molecule has 2 saturated carbocycles. The largest absolute Gasteiger partial charge is 0.478 e. The average Bonchev–Trinajstić information content (AvgIpc) is 3.04. The second kappa shape index (κ2) is 5.20. The Morgan fingerprint density at radius 2 is 2.20 bits per heavy atom. The van der Waals surface area contributed by atoms with E-state index in [1.54, 1.807) is 6.07 Å². The molecule has 1 heterocycles. The fourth-order valence-electron chi connectivity index (χ4n) is 3.81. The van der Waals surface area contributed by atoms with E-state index >= 15 is 0 Å². The van der Waals surface area contributed by atoms with Crippen molar-refractivity contribution in [1.29, 1.82) is 0 Å². The van der Waals surface area contributed by atoms with Crippen molar-refractivity contribution in [3.8, 4) is 0 Å². The first-order chi connectivity index (χ1) is 9.52. The molecule has 4 nitrogen and oxygen atoms in total. The van der Waals surface area contributed by atoms with E-state index in [-0.39, 0.29) is 11.5 Å².